The highest BCUT2D eigenvalue weighted by atomic mass is 16.6. The lowest BCUT2D eigenvalue weighted by molar-refractivity contribution is 0.310. The Balaban J connectivity index is 1.46. The topological polar surface area (TPSA) is 120 Å². The lowest BCUT2D eigenvalue weighted by Gasteiger charge is -2.23. The first kappa shape index (κ1) is 19.7. The Morgan fingerprint density at radius 1 is 1.16 bits per heavy atom. The van der Waals surface area contributed by atoms with Crippen molar-refractivity contribution in [2.75, 3.05) is 18.8 Å². The monoisotopic (exact) mass is 418 g/mol. The van der Waals surface area contributed by atoms with Gasteiger partial charge in [-0.05, 0) is 54.3 Å². The number of benzene rings is 1. The van der Waals surface area contributed by atoms with Gasteiger partial charge in [-0.1, -0.05) is 24.3 Å². The van der Waals surface area contributed by atoms with Crippen LogP contribution in [0.3, 0.4) is 0 Å². The largest absolute Gasteiger partial charge is 0.379 e. The molecule has 0 unspecified atom stereocenters. The van der Waals surface area contributed by atoms with Gasteiger partial charge in [0.2, 0.25) is 0 Å². The van der Waals surface area contributed by atoms with Crippen LogP contribution in [0.5, 0.6) is 0 Å². The fourth-order valence-electron chi connectivity index (χ4n) is 4.23. The van der Waals surface area contributed by atoms with Crippen LogP contribution in [-0.2, 0) is 13.1 Å². The summed E-state index contributed by atoms with van der Waals surface area (Å²) in [5.41, 5.74) is 11.5. The maximum atomic E-state index is 5.92. The number of hydrogen-bond acceptors (Lipinski definition) is 8. The Bertz CT molecular complexity index is 1170. The summed E-state index contributed by atoms with van der Waals surface area (Å²) in [6.45, 7) is 5.83. The van der Waals surface area contributed by atoms with Crippen molar-refractivity contribution < 1.29 is 4.63 Å². The lowest BCUT2D eigenvalue weighted by Crippen LogP contribution is -2.39. The summed E-state index contributed by atoms with van der Waals surface area (Å²) in [4.78, 5) is 9.13. The number of nitrogens with one attached hydrogen (secondary N) is 2. The summed E-state index contributed by atoms with van der Waals surface area (Å²) >= 11 is 0. The number of nitrogen functional groups attached to an aromatic ring is 1. The van der Waals surface area contributed by atoms with Crippen molar-refractivity contribution in [2.45, 2.75) is 38.9 Å². The Morgan fingerprint density at radius 2 is 1.97 bits per heavy atom. The van der Waals surface area contributed by atoms with E-state index in [1.165, 1.54) is 18.4 Å². The molecule has 0 radical (unpaired) electrons. The second kappa shape index (κ2) is 8.44. The predicted molar refractivity (Wildman–Crippen MR) is 119 cm³/mol. The molecule has 160 valence electrons. The van der Waals surface area contributed by atoms with Crippen LogP contribution >= 0.6 is 0 Å². The average Bonchev–Trinajstić information content (AvgIpc) is 3.41. The second-order valence-electron chi connectivity index (χ2n) is 7.83. The normalized spacial score (nSPS) is 15.0. The number of nitrogens with two attached hydrogens (primary N) is 1. The number of hydrogen-bond donors (Lipinski definition) is 3. The van der Waals surface area contributed by atoms with Gasteiger partial charge in [0.05, 0.1) is 11.7 Å². The molecule has 9 heteroatoms. The highest BCUT2D eigenvalue weighted by Gasteiger charge is 2.21. The maximum Gasteiger partial charge on any atom is 0.199 e. The van der Waals surface area contributed by atoms with Crippen molar-refractivity contribution in [3.8, 4) is 22.6 Å². The van der Waals surface area contributed by atoms with Crippen LogP contribution < -0.4 is 16.4 Å². The molecule has 0 atom stereocenters. The van der Waals surface area contributed by atoms with Crippen LogP contribution in [-0.4, -0.2) is 44.0 Å². The molecule has 0 saturated carbocycles. The molecule has 0 amide bonds. The summed E-state index contributed by atoms with van der Waals surface area (Å²) in [6.07, 6.45) is 6.00. The van der Waals surface area contributed by atoms with Gasteiger partial charge in [0.25, 0.3) is 0 Å². The van der Waals surface area contributed by atoms with Crippen LogP contribution in [0.25, 0.3) is 33.7 Å². The minimum absolute atomic E-state index is 0.227. The molecule has 0 aliphatic carbocycles. The van der Waals surface area contributed by atoms with E-state index in [9.17, 15) is 0 Å². The van der Waals surface area contributed by atoms with Gasteiger partial charge in [-0.3, -0.25) is 4.98 Å². The summed E-state index contributed by atoms with van der Waals surface area (Å²) in [7, 11) is 0. The molecule has 0 spiro atoms. The Hall–Kier alpha value is -3.30. The number of piperidine rings is 1. The first-order valence-corrected chi connectivity index (χ1v) is 10.7. The third-order valence-electron chi connectivity index (χ3n) is 5.89. The van der Waals surface area contributed by atoms with E-state index in [1.807, 2.05) is 6.20 Å². The molecule has 5 rings (SSSR count). The molecule has 31 heavy (non-hydrogen) atoms. The lowest BCUT2D eigenvalue weighted by atomic mass is 10.0. The number of aryl methyl sites for hydroxylation is 1. The van der Waals surface area contributed by atoms with Crippen molar-refractivity contribution in [3.63, 3.8) is 0 Å². The molecular formula is C22H26N8O. The van der Waals surface area contributed by atoms with Gasteiger partial charge in [0.15, 0.2) is 17.3 Å². The average molecular weight is 419 g/mol. The molecular weight excluding hydrogens is 392 g/mol. The first-order valence-electron chi connectivity index (χ1n) is 10.7. The third-order valence-corrected chi connectivity index (χ3v) is 5.89. The van der Waals surface area contributed by atoms with Crippen LogP contribution in [0.15, 0.2) is 41.3 Å². The number of aromatic nitrogens is 5. The molecule has 1 aliphatic rings. The van der Waals surface area contributed by atoms with Crippen molar-refractivity contribution in [3.05, 3.63) is 42.2 Å². The van der Waals surface area contributed by atoms with Crippen molar-refractivity contribution in [1.82, 2.24) is 35.5 Å². The SMILES string of the molecule is CCn1c(-c2nonc2N)nc2cncc(-c3ccc(CNC4CCNCC4)cc3)c21. The zero-order valence-electron chi connectivity index (χ0n) is 17.5. The van der Waals surface area contributed by atoms with Gasteiger partial charge >= 0.3 is 0 Å². The van der Waals surface area contributed by atoms with Gasteiger partial charge in [0.1, 0.15) is 5.52 Å². The molecule has 1 aromatic carbocycles. The number of rotatable bonds is 6. The molecule has 0 bridgehead atoms. The van der Waals surface area contributed by atoms with E-state index in [1.54, 1.807) is 6.20 Å². The molecule has 9 nitrogen and oxygen atoms in total. The molecule has 4 N–H and O–H groups in total. The molecule has 1 fully saturated rings. The zero-order valence-corrected chi connectivity index (χ0v) is 17.5. The molecule has 4 heterocycles. The second-order valence-corrected chi connectivity index (χ2v) is 7.83. The Labute approximate surface area is 180 Å². The molecule has 3 aromatic heterocycles. The molecule has 4 aromatic rings. The molecule has 1 saturated heterocycles. The summed E-state index contributed by atoms with van der Waals surface area (Å²) in [5.74, 6) is 0.860. The van der Waals surface area contributed by atoms with Crippen LogP contribution in [0, 0.1) is 0 Å². The number of pyridine rings is 1. The Kier molecular flexibility index (Phi) is 5.35. The van der Waals surface area contributed by atoms with E-state index < -0.39 is 0 Å². The van der Waals surface area contributed by atoms with Gasteiger partial charge in [-0.15, -0.1) is 0 Å². The van der Waals surface area contributed by atoms with E-state index >= 15 is 0 Å². The van der Waals surface area contributed by atoms with Crippen molar-refractivity contribution in [2.24, 2.45) is 0 Å². The van der Waals surface area contributed by atoms with Crippen LogP contribution in [0.4, 0.5) is 5.82 Å². The summed E-state index contributed by atoms with van der Waals surface area (Å²) < 4.78 is 6.86. The Morgan fingerprint density at radius 3 is 2.68 bits per heavy atom. The maximum absolute atomic E-state index is 5.92. The minimum Gasteiger partial charge on any atom is -0.379 e. The number of nitrogens with zero attached hydrogens (tertiary/aromatic N) is 5. The summed E-state index contributed by atoms with van der Waals surface area (Å²) in [6, 6.07) is 9.24. The quantitative estimate of drug-likeness (QED) is 0.437. The van der Waals surface area contributed by atoms with E-state index in [0.29, 0.717) is 24.1 Å². The van der Waals surface area contributed by atoms with Gasteiger partial charge in [-0.2, -0.15) is 0 Å². The minimum atomic E-state index is 0.227. The zero-order chi connectivity index (χ0) is 21.2. The van der Waals surface area contributed by atoms with E-state index in [2.05, 4.69) is 61.7 Å². The van der Waals surface area contributed by atoms with Crippen molar-refractivity contribution in [1.29, 1.82) is 0 Å². The third kappa shape index (κ3) is 3.77. The smallest absolute Gasteiger partial charge is 0.199 e. The highest BCUT2D eigenvalue weighted by molar-refractivity contribution is 5.93. The molecule has 1 aliphatic heterocycles. The fourth-order valence-corrected chi connectivity index (χ4v) is 4.23. The number of imidazole rings is 1. The van der Waals surface area contributed by atoms with Crippen LogP contribution in [0.1, 0.15) is 25.3 Å². The first-order chi connectivity index (χ1) is 15.2. The standard InChI is InChI=1S/C22H26N8O/c1-2-30-20-17(12-25-13-18(20)27-22(30)19-21(23)29-31-28-19)15-5-3-14(4-6-15)11-26-16-7-9-24-10-8-16/h3-6,12-13,16,24,26H,2,7-11H2,1H3,(H2,23,29). The van der Waals surface area contributed by atoms with Gasteiger partial charge in [-0.25, -0.2) is 9.61 Å². The number of anilines is 1. The number of fused-ring (bicyclic) bond motifs is 1. The highest BCUT2D eigenvalue weighted by Crippen LogP contribution is 2.32. The fraction of sp³-hybridized carbons (Fsp3) is 0.364. The van der Waals surface area contributed by atoms with Crippen molar-refractivity contribution >= 4 is 16.9 Å². The van der Waals surface area contributed by atoms with Crippen LogP contribution in [0.2, 0.25) is 0 Å². The van der Waals surface area contributed by atoms with E-state index in [-0.39, 0.29) is 5.82 Å². The van der Waals surface area contributed by atoms with E-state index in [0.717, 1.165) is 41.8 Å². The van der Waals surface area contributed by atoms with Gasteiger partial charge in [0, 0.05) is 30.9 Å². The summed E-state index contributed by atoms with van der Waals surface area (Å²) in [5, 5.41) is 14.7. The van der Waals surface area contributed by atoms with E-state index in [4.69, 9.17) is 15.3 Å². The van der Waals surface area contributed by atoms with Gasteiger partial charge < -0.3 is 20.9 Å². The predicted octanol–water partition coefficient (Wildman–Crippen LogP) is 2.59.